The highest BCUT2D eigenvalue weighted by Crippen LogP contribution is 2.36. The molecule has 0 saturated carbocycles. The summed E-state index contributed by atoms with van der Waals surface area (Å²) in [5, 5.41) is 3.71. The first-order chi connectivity index (χ1) is 15.7. The SMILES string of the molecule is Cc1cccn2c(NC(C)c3ccccc3)c(-c3ccc(C#Cc4ccccc4)s3)nc12. The van der Waals surface area contributed by atoms with E-state index < -0.39 is 0 Å². The van der Waals surface area contributed by atoms with Gasteiger partial charge in [-0.2, -0.15) is 0 Å². The van der Waals surface area contributed by atoms with Crippen LogP contribution in [0.3, 0.4) is 0 Å². The molecular weight excluding hydrogens is 410 g/mol. The first-order valence-corrected chi connectivity index (χ1v) is 11.5. The van der Waals surface area contributed by atoms with Crippen molar-refractivity contribution in [1.29, 1.82) is 0 Å². The van der Waals surface area contributed by atoms with Gasteiger partial charge >= 0.3 is 0 Å². The number of hydrogen-bond donors (Lipinski definition) is 1. The first-order valence-electron chi connectivity index (χ1n) is 10.7. The minimum atomic E-state index is 0.146. The number of aromatic nitrogens is 2. The minimum Gasteiger partial charge on any atom is -0.363 e. The standard InChI is InChI=1S/C28H23N3S/c1-20-10-9-19-31-27(20)30-26(28(31)29-21(2)23-13-7-4-8-14-23)25-18-17-24(32-25)16-15-22-11-5-3-6-12-22/h3-14,17-19,21,29H,1-2H3. The van der Waals surface area contributed by atoms with E-state index in [0.717, 1.165) is 38.0 Å². The number of pyridine rings is 1. The lowest BCUT2D eigenvalue weighted by atomic mass is 10.1. The molecule has 0 amide bonds. The Morgan fingerprint density at radius 3 is 2.41 bits per heavy atom. The van der Waals surface area contributed by atoms with Crippen molar-refractivity contribution in [1.82, 2.24) is 9.38 Å². The average Bonchev–Trinajstić information content (AvgIpc) is 3.45. The quantitative estimate of drug-likeness (QED) is 0.311. The van der Waals surface area contributed by atoms with Gasteiger partial charge in [-0.15, -0.1) is 11.3 Å². The van der Waals surface area contributed by atoms with E-state index in [1.54, 1.807) is 11.3 Å². The highest BCUT2D eigenvalue weighted by Gasteiger charge is 2.19. The molecule has 0 aliphatic heterocycles. The number of fused-ring (bicyclic) bond motifs is 1. The van der Waals surface area contributed by atoms with E-state index >= 15 is 0 Å². The third kappa shape index (κ3) is 4.03. The summed E-state index contributed by atoms with van der Waals surface area (Å²) in [5.74, 6) is 7.55. The Bertz CT molecular complexity index is 1420. The topological polar surface area (TPSA) is 29.3 Å². The van der Waals surface area contributed by atoms with Gasteiger partial charge in [-0.1, -0.05) is 66.4 Å². The van der Waals surface area contributed by atoms with Crippen molar-refractivity contribution in [2.45, 2.75) is 19.9 Å². The molecule has 4 heteroatoms. The molecular formula is C28H23N3S. The van der Waals surface area contributed by atoms with Crippen molar-refractivity contribution < 1.29 is 0 Å². The second-order valence-corrected chi connectivity index (χ2v) is 8.83. The monoisotopic (exact) mass is 433 g/mol. The molecule has 156 valence electrons. The molecule has 0 aliphatic rings. The van der Waals surface area contributed by atoms with Gasteiger partial charge in [-0.05, 0) is 55.3 Å². The van der Waals surface area contributed by atoms with Crippen LogP contribution in [0.1, 0.15) is 34.5 Å². The number of benzene rings is 2. The summed E-state index contributed by atoms with van der Waals surface area (Å²) in [6, 6.07) is 29.1. The molecule has 3 nitrogen and oxygen atoms in total. The fourth-order valence-electron chi connectivity index (χ4n) is 3.73. The number of hydrogen-bond acceptors (Lipinski definition) is 3. The van der Waals surface area contributed by atoms with E-state index in [9.17, 15) is 0 Å². The molecule has 3 aromatic heterocycles. The summed E-state index contributed by atoms with van der Waals surface area (Å²) >= 11 is 1.67. The lowest BCUT2D eigenvalue weighted by molar-refractivity contribution is 0.871. The number of nitrogens with one attached hydrogen (secondary N) is 1. The Morgan fingerprint density at radius 2 is 1.62 bits per heavy atom. The number of rotatable bonds is 4. The Labute approximate surface area is 192 Å². The largest absolute Gasteiger partial charge is 0.363 e. The van der Waals surface area contributed by atoms with Crippen molar-refractivity contribution in [3.63, 3.8) is 0 Å². The molecule has 2 aromatic carbocycles. The van der Waals surface area contributed by atoms with Gasteiger partial charge in [0.05, 0.1) is 9.75 Å². The van der Waals surface area contributed by atoms with Crippen LogP contribution in [0, 0.1) is 18.8 Å². The molecule has 0 fully saturated rings. The molecule has 0 aliphatic carbocycles. The van der Waals surface area contributed by atoms with Crippen molar-refractivity contribution >= 4 is 22.8 Å². The number of imidazole rings is 1. The smallest absolute Gasteiger partial charge is 0.142 e. The summed E-state index contributed by atoms with van der Waals surface area (Å²) in [6.07, 6.45) is 2.07. The fourth-order valence-corrected chi connectivity index (χ4v) is 4.58. The zero-order chi connectivity index (χ0) is 21.9. The van der Waals surface area contributed by atoms with Gasteiger partial charge in [-0.25, -0.2) is 4.98 Å². The van der Waals surface area contributed by atoms with Gasteiger partial charge in [-0.3, -0.25) is 4.40 Å². The third-order valence-electron chi connectivity index (χ3n) is 5.44. The van der Waals surface area contributed by atoms with Gasteiger partial charge in [0, 0.05) is 17.8 Å². The second kappa shape index (κ2) is 8.74. The van der Waals surface area contributed by atoms with Crippen molar-refractivity contribution in [2.24, 2.45) is 0 Å². The molecule has 32 heavy (non-hydrogen) atoms. The zero-order valence-electron chi connectivity index (χ0n) is 18.0. The summed E-state index contributed by atoms with van der Waals surface area (Å²) in [4.78, 5) is 7.16. The maximum Gasteiger partial charge on any atom is 0.142 e. The highest BCUT2D eigenvalue weighted by molar-refractivity contribution is 7.16. The van der Waals surface area contributed by atoms with Crippen LogP contribution in [0.25, 0.3) is 16.2 Å². The van der Waals surface area contributed by atoms with Gasteiger partial charge in [0.2, 0.25) is 0 Å². The molecule has 0 bridgehead atoms. The van der Waals surface area contributed by atoms with Crippen LogP contribution >= 0.6 is 11.3 Å². The van der Waals surface area contributed by atoms with Gasteiger partial charge in [0.25, 0.3) is 0 Å². The van der Waals surface area contributed by atoms with Crippen LogP contribution < -0.4 is 5.32 Å². The highest BCUT2D eigenvalue weighted by atomic mass is 32.1. The second-order valence-electron chi connectivity index (χ2n) is 7.75. The van der Waals surface area contributed by atoms with Crippen LogP contribution in [0.5, 0.6) is 0 Å². The van der Waals surface area contributed by atoms with E-state index in [0.29, 0.717) is 0 Å². The summed E-state index contributed by atoms with van der Waals surface area (Å²) in [7, 11) is 0. The van der Waals surface area contributed by atoms with Crippen molar-refractivity contribution in [3.05, 3.63) is 113 Å². The fraction of sp³-hybridized carbons (Fsp3) is 0.107. The van der Waals surface area contributed by atoms with Gasteiger partial charge < -0.3 is 5.32 Å². The molecule has 3 heterocycles. The normalized spacial score (nSPS) is 11.7. The van der Waals surface area contributed by atoms with Crippen LogP contribution in [0.4, 0.5) is 5.82 Å². The maximum absolute atomic E-state index is 5.02. The van der Waals surface area contributed by atoms with Crippen molar-refractivity contribution in [2.75, 3.05) is 5.32 Å². The van der Waals surface area contributed by atoms with E-state index in [-0.39, 0.29) is 6.04 Å². The number of thiophene rings is 1. The molecule has 0 radical (unpaired) electrons. The van der Waals surface area contributed by atoms with E-state index in [2.05, 4.69) is 90.1 Å². The summed E-state index contributed by atoms with van der Waals surface area (Å²) in [5.41, 5.74) is 5.33. The number of nitrogens with zero attached hydrogens (tertiary/aromatic N) is 2. The Morgan fingerprint density at radius 1 is 0.875 bits per heavy atom. The molecule has 5 rings (SSSR count). The van der Waals surface area contributed by atoms with E-state index in [1.165, 1.54) is 5.56 Å². The summed E-state index contributed by atoms with van der Waals surface area (Å²) in [6.45, 7) is 4.28. The van der Waals surface area contributed by atoms with Gasteiger partial charge in [0.15, 0.2) is 0 Å². The van der Waals surface area contributed by atoms with E-state index in [1.807, 2.05) is 36.4 Å². The maximum atomic E-state index is 5.02. The number of aryl methyl sites for hydroxylation is 1. The predicted octanol–water partition coefficient (Wildman–Crippen LogP) is 6.94. The summed E-state index contributed by atoms with van der Waals surface area (Å²) < 4.78 is 2.15. The predicted molar refractivity (Wildman–Crippen MR) is 134 cm³/mol. The lowest BCUT2D eigenvalue weighted by Crippen LogP contribution is -2.09. The third-order valence-corrected chi connectivity index (χ3v) is 6.45. The molecule has 1 N–H and O–H groups in total. The van der Waals surface area contributed by atoms with Crippen molar-refractivity contribution in [3.8, 4) is 22.4 Å². The molecule has 1 unspecified atom stereocenters. The molecule has 0 spiro atoms. The van der Waals surface area contributed by atoms with Gasteiger partial charge in [0.1, 0.15) is 17.2 Å². The Hall–Kier alpha value is -3.81. The Kier molecular flexibility index (Phi) is 5.49. The molecule has 0 saturated heterocycles. The molecule has 5 aromatic rings. The van der Waals surface area contributed by atoms with Crippen LogP contribution in [-0.4, -0.2) is 9.38 Å². The first kappa shape index (κ1) is 20.1. The number of anilines is 1. The van der Waals surface area contributed by atoms with Crippen LogP contribution in [0.15, 0.2) is 91.1 Å². The minimum absolute atomic E-state index is 0.146. The average molecular weight is 434 g/mol. The van der Waals surface area contributed by atoms with E-state index in [4.69, 9.17) is 4.98 Å². The molecule has 1 atom stereocenters. The Balaban J connectivity index is 1.54. The zero-order valence-corrected chi connectivity index (χ0v) is 18.9. The lowest BCUT2D eigenvalue weighted by Gasteiger charge is -2.16. The van der Waals surface area contributed by atoms with Crippen LogP contribution in [-0.2, 0) is 0 Å². The van der Waals surface area contributed by atoms with Crippen LogP contribution in [0.2, 0.25) is 0 Å².